The third-order valence-corrected chi connectivity index (χ3v) is 1.59. The van der Waals surface area contributed by atoms with Gasteiger partial charge in [0.05, 0.1) is 29.4 Å². The van der Waals surface area contributed by atoms with Crippen molar-refractivity contribution >= 4 is 15.9 Å². The molecule has 0 spiro atoms. The molecule has 3 nitrogen and oxygen atoms in total. The van der Waals surface area contributed by atoms with Gasteiger partial charge in [-0.2, -0.15) is 5.10 Å². The van der Waals surface area contributed by atoms with E-state index in [0.717, 1.165) is 4.68 Å². The molecule has 4 heteroatoms. The lowest BCUT2D eigenvalue weighted by atomic mass is 10.3. The molecule has 0 radical (unpaired) electrons. The van der Waals surface area contributed by atoms with Crippen molar-refractivity contribution in [2.45, 2.75) is 6.85 Å². The van der Waals surface area contributed by atoms with E-state index in [1.165, 1.54) is 0 Å². The zero-order valence-electron chi connectivity index (χ0n) is 14.2. The van der Waals surface area contributed by atoms with E-state index >= 15 is 0 Å². The Kier molecular flexibility index (Phi) is 0.813. The van der Waals surface area contributed by atoms with Crippen LogP contribution >= 0.6 is 15.9 Å². The van der Waals surface area contributed by atoms with Crippen LogP contribution < -0.4 is 0 Å². The first kappa shape index (κ1) is 3.20. The normalized spacial score (nSPS) is 20.1. The summed E-state index contributed by atoms with van der Waals surface area (Å²) in [7, 11) is 0. The summed E-state index contributed by atoms with van der Waals surface area (Å²) in [5.41, 5.74) is -0.965. The van der Waals surface area contributed by atoms with Crippen LogP contribution in [0.2, 0.25) is 0 Å². The van der Waals surface area contributed by atoms with Crippen molar-refractivity contribution < 1.29 is 11.0 Å². The number of rotatable bonds is 1. The van der Waals surface area contributed by atoms with Crippen molar-refractivity contribution in [3.63, 3.8) is 0 Å². The summed E-state index contributed by atoms with van der Waals surface area (Å²) < 4.78 is 61.4. The molecule has 2 heterocycles. The van der Waals surface area contributed by atoms with E-state index in [2.05, 4.69) is 26.0 Å². The average Bonchev–Trinajstić information content (AvgIpc) is 2.55. The highest BCUT2D eigenvalue weighted by atomic mass is 79.9. The molecule has 0 bridgehead atoms. The van der Waals surface area contributed by atoms with Crippen molar-refractivity contribution in [2.75, 3.05) is 0 Å². The van der Waals surface area contributed by atoms with Gasteiger partial charge in [-0.15, -0.1) is 0 Å². The third kappa shape index (κ3) is 1.78. The molecule has 2 aromatic heterocycles. The van der Waals surface area contributed by atoms with Gasteiger partial charge in [0, 0.05) is 16.5 Å². The number of hydrogen-bond donors (Lipinski definition) is 0. The van der Waals surface area contributed by atoms with Gasteiger partial charge in [0.1, 0.15) is 0 Å². The van der Waals surface area contributed by atoms with Crippen LogP contribution in [0.15, 0.2) is 35.2 Å². The highest BCUT2D eigenvalue weighted by Gasteiger charge is 1.98. The molecule has 66 valence electrons. The molecule has 0 aliphatic rings. The van der Waals surface area contributed by atoms with Crippen molar-refractivity contribution in [3.8, 4) is 5.69 Å². The van der Waals surface area contributed by atoms with Gasteiger partial charge in [-0.1, -0.05) is 0 Å². The first-order valence-electron chi connectivity index (χ1n) is 7.26. The van der Waals surface area contributed by atoms with Gasteiger partial charge in [0.2, 0.25) is 0 Å². The standard InChI is InChI=1S/C9H8BrN3/c1-7-2-9(5-11-3-7)13-6-8(10)4-12-13/h2-6H,1H3/i1D3,2D,3D,4D,5D,6D. The van der Waals surface area contributed by atoms with Crippen LogP contribution in [0.25, 0.3) is 5.69 Å². The van der Waals surface area contributed by atoms with E-state index in [4.69, 9.17) is 11.0 Å². The summed E-state index contributed by atoms with van der Waals surface area (Å²) >= 11 is 2.97. The molecule has 2 rings (SSSR count). The zero-order valence-corrected chi connectivity index (χ0v) is 7.81. The lowest BCUT2D eigenvalue weighted by Gasteiger charge is -2.00. The molecule has 0 aliphatic heterocycles. The minimum Gasteiger partial charge on any atom is -0.262 e. The maximum Gasteiger partial charge on any atom is 0.0872 e. The minimum absolute atomic E-state index is 0.0479. The van der Waals surface area contributed by atoms with Gasteiger partial charge in [-0.3, -0.25) is 4.98 Å². The minimum atomic E-state index is -2.75. The van der Waals surface area contributed by atoms with Crippen molar-refractivity contribution in [3.05, 3.63) is 40.8 Å². The van der Waals surface area contributed by atoms with E-state index < -0.39 is 30.8 Å². The fourth-order valence-corrected chi connectivity index (χ4v) is 1.00. The molecule has 0 aromatic carbocycles. The van der Waals surface area contributed by atoms with Crippen LogP contribution in [-0.2, 0) is 0 Å². The van der Waals surface area contributed by atoms with Gasteiger partial charge in [0.25, 0.3) is 0 Å². The molecule has 2 aromatic rings. The first-order valence-corrected chi connectivity index (χ1v) is 4.05. The van der Waals surface area contributed by atoms with E-state index in [1.54, 1.807) is 0 Å². The highest BCUT2D eigenvalue weighted by Crippen LogP contribution is 2.12. The molecule has 0 amide bonds. The Balaban J connectivity index is 2.84. The SMILES string of the molecule is [2H]c1nn(-c2c([2H])nc([2H])c(C([2H])([2H])[2H])c2[2H])c([2H])c1Br. The van der Waals surface area contributed by atoms with Gasteiger partial charge < -0.3 is 0 Å². The predicted molar refractivity (Wildman–Crippen MR) is 53.8 cm³/mol. The van der Waals surface area contributed by atoms with Crippen molar-refractivity contribution in [1.29, 1.82) is 0 Å². The third-order valence-electron chi connectivity index (χ3n) is 1.24. The Bertz CT molecular complexity index is 723. The van der Waals surface area contributed by atoms with Crippen LogP contribution in [0.5, 0.6) is 0 Å². The van der Waals surface area contributed by atoms with E-state index in [0.29, 0.717) is 0 Å². The summed E-state index contributed by atoms with van der Waals surface area (Å²) in [6, 6.07) is -0.622. The second-order valence-electron chi connectivity index (χ2n) is 2.13. The monoisotopic (exact) mass is 245 g/mol. The van der Waals surface area contributed by atoms with Crippen molar-refractivity contribution in [1.82, 2.24) is 14.8 Å². The number of pyridine rings is 1. The Morgan fingerprint density at radius 1 is 1.54 bits per heavy atom. The Labute approximate surface area is 95.8 Å². The Morgan fingerprint density at radius 3 is 3.15 bits per heavy atom. The first-order chi connectivity index (χ1) is 9.55. The summed E-state index contributed by atoms with van der Waals surface area (Å²) in [5.74, 6) is 0. The second kappa shape index (κ2) is 3.30. The van der Waals surface area contributed by atoms with Gasteiger partial charge in [0.15, 0.2) is 0 Å². The number of nitrogens with zero attached hydrogens (tertiary/aromatic N) is 3. The van der Waals surface area contributed by atoms with Crippen LogP contribution in [0, 0.1) is 6.85 Å². The van der Waals surface area contributed by atoms with Crippen LogP contribution in [0.1, 0.15) is 16.5 Å². The van der Waals surface area contributed by atoms with Gasteiger partial charge in [-0.05, 0) is 34.4 Å². The molecule has 0 aliphatic carbocycles. The van der Waals surface area contributed by atoms with Gasteiger partial charge in [-0.25, -0.2) is 4.68 Å². The Morgan fingerprint density at radius 2 is 2.46 bits per heavy atom. The topological polar surface area (TPSA) is 30.7 Å². The summed E-state index contributed by atoms with van der Waals surface area (Å²) in [5, 5.41) is 3.68. The average molecular weight is 246 g/mol. The summed E-state index contributed by atoms with van der Waals surface area (Å²) in [4.78, 5) is 3.49. The molecule has 0 saturated carbocycles. The molecule has 0 fully saturated rings. The van der Waals surface area contributed by atoms with E-state index in [-0.39, 0.29) is 22.5 Å². The molecule has 0 N–H and O–H groups in total. The quantitative estimate of drug-likeness (QED) is 0.773. The zero-order chi connectivity index (χ0) is 16.1. The molecule has 13 heavy (non-hydrogen) atoms. The fraction of sp³-hybridized carbons (Fsp3) is 0.111. The largest absolute Gasteiger partial charge is 0.262 e. The summed E-state index contributed by atoms with van der Waals surface area (Å²) in [6.07, 6.45) is -1.83. The molecule has 0 atom stereocenters. The summed E-state index contributed by atoms with van der Waals surface area (Å²) in [6.45, 7) is -2.75. The molecule has 0 unspecified atom stereocenters. The lowest BCUT2D eigenvalue weighted by Crippen LogP contribution is -1.95. The number of hydrogen-bond acceptors (Lipinski definition) is 2. The van der Waals surface area contributed by atoms with Crippen LogP contribution in [0.3, 0.4) is 0 Å². The number of halogens is 1. The van der Waals surface area contributed by atoms with Crippen molar-refractivity contribution in [2.24, 2.45) is 0 Å². The molecular weight excluding hydrogens is 230 g/mol. The van der Waals surface area contributed by atoms with E-state index in [1.807, 2.05) is 0 Å². The van der Waals surface area contributed by atoms with Gasteiger partial charge >= 0.3 is 0 Å². The smallest absolute Gasteiger partial charge is 0.0872 e. The van der Waals surface area contributed by atoms with Crippen LogP contribution in [0.4, 0.5) is 0 Å². The van der Waals surface area contributed by atoms with E-state index in [9.17, 15) is 0 Å². The fourth-order valence-electron chi connectivity index (χ4n) is 0.754. The molecule has 0 saturated heterocycles. The second-order valence-corrected chi connectivity index (χ2v) is 2.93. The maximum absolute atomic E-state index is 7.94. The highest BCUT2D eigenvalue weighted by molar-refractivity contribution is 9.10. The Hall–Kier alpha value is -1.16. The predicted octanol–water partition coefficient (Wildman–Crippen LogP) is 2.34. The maximum atomic E-state index is 7.94. The number of aromatic nitrogens is 3. The molecular formula is C9H8BrN3. The lowest BCUT2D eigenvalue weighted by molar-refractivity contribution is 0.871. The van der Waals surface area contributed by atoms with Crippen LogP contribution in [-0.4, -0.2) is 14.8 Å².